The zero-order chi connectivity index (χ0) is 22.7. The van der Waals surface area contributed by atoms with Crippen LogP contribution in [0.4, 0.5) is 9.18 Å². The highest BCUT2D eigenvalue weighted by molar-refractivity contribution is 5.86. The number of amides is 2. The molecule has 166 valence electrons. The van der Waals surface area contributed by atoms with Crippen LogP contribution in [0.1, 0.15) is 56.2 Å². The molecule has 32 heavy (non-hydrogen) atoms. The predicted molar refractivity (Wildman–Crippen MR) is 121 cm³/mol. The normalized spacial score (nSPS) is 16.4. The van der Waals surface area contributed by atoms with Crippen LogP contribution in [0.5, 0.6) is 0 Å². The molecule has 1 N–H and O–H groups in total. The molecule has 2 aromatic carbocycles. The first-order valence-corrected chi connectivity index (χ1v) is 10.9. The summed E-state index contributed by atoms with van der Waals surface area (Å²) in [6, 6.07) is 13.4. The van der Waals surface area contributed by atoms with E-state index in [-0.39, 0.29) is 11.8 Å². The van der Waals surface area contributed by atoms with Crippen molar-refractivity contribution in [2.75, 3.05) is 6.54 Å². The van der Waals surface area contributed by atoms with Gasteiger partial charge >= 0.3 is 6.03 Å². The summed E-state index contributed by atoms with van der Waals surface area (Å²) in [6.07, 6.45) is 3.03. The van der Waals surface area contributed by atoms with E-state index in [1.54, 1.807) is 17.0 Å². The fourth-order valence-corrected chi connectivity index (χ4v) is 3.91. The average molecular weight is 435 g/mol. The predicted octanol–water partition coefficient (Wildman–Crippen LogP) is 5.87. The molecule has 0 saturated heterocycles. The van der Waals surface area contributed by atoms with E-state index < -0.39 is 6.04 Å². The van der Waals surface area contributed by atoms with Gasteiger partial charge in [-0.05, 0) is 50.1 Å². The smallest absolute Gasteiger partial charge is 0.322 e. The van der Waals surface area contributed by atoms with Crippen molar-refractivity contribution >= 4 is 11.6 Å². The highest BCUT2D eigenvalue weighted by Crippen LogP contribution is 2.37. The molecule has 6 nitrogen and oxygen atoms in total. The zero-order valence-electron chi connectivity index (χ0n) is 18.6. The Morgan fingerprint density at radius 3 is 2.47 bits per heavy atom. The average Bonchev–Trinajstić information content (AvgIpc) is 3.26. The number of hydrogen-bond acceptors (Lipinski definition) is 4. The molecule has 1 aromatic heterocycles. The van der Waals surface area contributed by atoms with Crippen LogP contribution in [0.2, 0.25) is 0 Å². The zero-order valence-corrected chi connectivity index (χ0v) is 18.6. The van der Waals surface area contributed by atoms with Gasteiger partial charge in [-0.2, -0.15) is 4.98 Å². The molecule has 1 aliphatic heterocycles. The van der Waals surface area contributed by atoms with E-state index in [1.165, 1.54) is 12.1 Å². The second-order valence-electron chi connectivity index (χ2n) is 8.08. The molecule has 1 atom stereocenters. The Hall–Kier alpha value is -3.48. The van der Waals surface area contributed by atoms with E-state index in [1.807, 2.05) is 38.1 Å². The van der Waals surface area contributed by atoms with Crippen molar-refractivity contribution in [2.24, 2.45) is 0 Å². The van der Waals surface area contributed by atoms with Crippen molar-refractivity contribution in [1.82, 2.24) is 20.4 Å². The second-order valence-corrected chi connectivity index (χ2v) is 8.08. The van der Waals surface area contributed by atoms with Gasteiger partial charge in [-0.1, -0.05) is 54.8 Å². The molecule has 1 unspecified atom stereocenters. The third-order valence-electron chi connectivity index (χ3n) is 5.75. The van der Waals surface area contributed by atoms with Gasteiger partial charge in [0.05, 0.1) is 11.6 Å². The van der Waals surface area contributed by atoms with Crippen LogP contribution in [0.25, 0.3) is 17.0 Å². The summed E-state index contributed by atoms with van der Waals surface area (Å²) in [5.41, 5.74) is 4.30. The molecule has 2 amide bonds. The molecule has 0 bridgehead atoms. The lowest BCUT2D eigenvalue weighted by Gasteiger charge is -2.35. The first-order valence-electron chi connectivity index (χ1n) is 10.9. The largest absolute Gasteiger partial charge is 0.334 e. The Labute approximate surface area is 187 Å². The number of halogens is 1. The maximum Gasteiger partial charge on any atom is 0.322 e. The minimum Gasteiger partial charge on any atom is -0.334 e. The van der Waals surface area contributed by atoms with Crippen molar-refractivity contribution in [3.63, 3.8) is 0 Å². The van der Waals surface area contributed by atoms with Crippen LogP contribution in [0.3, 0.4) is 0 Å². The lowest BCUT2D eigenvalue weighted by atomic mass is 9.94. The van der Waals surface area contributed by atoms with Crippen molar-refractivity contribution in [2.45, 2.75) is 46.1 Å². The third kappa shape index (κ3) is 4.42. The molecule has 0 fully saturated rings. The number of carbonyl (C=O) groups excluding carboxylic acids is 1. The number of aryl methyl sites for hydroxylation is 1. The number of unbranched alkanes of at least 4 members (excludes halogenated alkanes) is 2. The van der Waals surface area contributed by atoms with Gasteiger partial charge in [-0.15, -0.1) is 0 Å². The summed E-state index contributed by atoms with van der Waals surface area (Å²) in [5.74, 6) is 0.387. The summed E-state index contributed by atoms with van der Waals surface area (Å²) in [5, 5.41) is 7.23. The third-order valence-corrected chi connectivity index (χ3v) is 5.75. The number of urea groups is 1. The van der Waals surface area contributed by atoms with Crippen LogP contribution < -0.4 is 5.32 Å². The van der Waals surface area contributed by atoms with Gasteiger partial charge in [0.15, 0.2) is 0 Å². The maximum absolute atomic E-state index is 13.3. The van der Waals surface area contributed by atoms with Crippen molar-refractivity contribution in [1.29, 1.82) is 0 Å². The highest BCUT2D eigenvalue weighted by Gasteiger charge is 2.35. The van der Waals surface area contributed by atoms with Crippen LogP contribution >= 0.6 is 0 Å². The first-order chi connectivity index (χ1) is 15.5. The summed E-state index contributed by atoms with van der Waals surface area (Å²) >= 11 is 0. The molecule has 2 heterocycles. The SMILES string of the molecule is CCCCCN1C(=O)NC(c2ccc(C)cc2)C(c2nc(-c3ccc(F)cc3)no2)=C1C. The van der Waals surface area contributed by atoms with Crippen LogP contribution in [0.15, 0.2) is 58.8 Å². The molecule has 1 aliphatic rings. The lowest BCUT2D eigenvalue weighted by molar-refractivity contribution is 0.204. The Kier molecular flexibility index (Phi) is 6.35. The number of carbonyl (C=O) groups is 1. The summed E-state index contributed by atoms with van der Waals surface area (Å²) in [7, 11) is 0. The van der Waals surface area contributed by atoms with E-state index in [4.69, 9.17) is 4.52 Å². The molecule has 3 aromatic rings. The molecule has 0 radical (unpaired) electrons. The van der Waals surface area contributed by atoms with Crippen LogP contribution in [-0.4, -0.2) is 27.6 Å². The summed E-state index contributed by atoms with van der Waals surface area (Å²) < 4.78 is 19.0. The van der Waals surface area contributed by atoms with E-state index in [0.717, 1.165) is 41.7 Å². The Bertz CT molecular complexity index is 1120. The Morgan fingerprint density at radius 2 is 1.78 bits per heavy atom. The molecule has 7 heteroatoms. The molecular formula is C25H27FN4O2. The first kappa shape index (κ1) is 21.7. The number of hydrogen-bond donors (Lipinski definition) is 1. The van der Waals surface area contributed by atoms with Gasteiger partial charge in [0.2, 0.25) is 5.82 Å². The fraction of sp³-hybridized carbons (Fsp3) is 0.320. The second kappa shape index (κ2) is 9.34. The van der Waals surface area contributed by atoms with Crippen molar-refractivity contribution < 1.29 is 13.7 Å². The molecule has 0 aliphatic carbocycles. The molecule has 0 spiro atoms. The van der Waals surface area contributed by atoms with Crippen LogP contribution in [0, 0.1) is 12.7 Å². The monoisotopic (exact) mass is 434 g/mol. The minimum atomic E-state index is -0.410. The number of nitrogens with zero attached hydrogens (tertiary/aromatic N) is 3. The van der Waals surface area contributed by atoms with Gasteiger partial charge < -0.3 is 9.84 Å². The van der Waals surface area contributed by atoms with E-state index in [9.17, 15) is 9.18 Å². The number of nitrogens with one attached hydrogen (secondary N) is 1. The van der Waals surface area contributed by atoms with Gasteiger partial charge in [-0.25, -0.2) is 9.18 Å². The van der Waals surface area contributed by atoms with Gasteiger partial charge in [0, 0.05) is 17.8 Å². The van der Waals surface area contributed by atoms with Crippen molar-refractivity contribution in [3.8, 4) is 11.4 Å². The summed E-state index contributed by atoms with van der Waals surface area (Å²) in [6.45, 7) is 6.69. The Morgan fingerprint density at radius 1 is 1.06 bits per heavy atom. The number of aromatic nitrogens is 2. The highest BCUT2D eigenvalue weighted by atomic mass is 19.1. The van der Waals surface area contributed by atoms with Crippen molar-refractivity contribution in [3.05, 3.63) is 77.1 Å². The van der Waals surface area contributed by atoms with Gasteiger partial charge in [0.25, 0.3) is 5.89 Å². The maximum atomic E-state index is 13.3. The van der Waals surface area contributed by atoms with Gasteiger partial charge in [-0.3, -0.25) is 4.90 Å². The molecular weight excluding hydrogens is 407 g/mol. The topological polar surface area (TPSA) is 71.3 Å². The van der Waals surface area contributed by atoms with E-state index in [2.05, 4.69) is 22.4 Å². The standard InChI is InChI=1S/C25H27FN4O2/c1-4-5-6-15-30-17(3)21(22(27-25(30)31)18-9-7-16(2)8-10-18)24-28-23(29-32-24)19-11-13-20(26)14-12-19/h7-14,22H,4-6,15H2,1-3H3,(H,27,31). The number of benzene rings is 2. The number of allylic oxidation sites excluding steroid dienone is 1. The van der Waals surface area contributed by atoms with Gasteiger partial charge in [0.1, 0.15) is 5.82 Å². The van der Waals surface area contributed by atoms with Crippen LogP contribution in [-0.2, 0) is 0 Å². The fourth-order valence-electron chi connectivity index (χ4n) is 3.91. The van der Waals surface area contributed by atoms with E-state index in [0.29, 0.717) is 23.8 Å². The minimum absolute atomic E-state index is 0.133. The number of rotatable bonds is 7. The molecule has 0 saturated carbocycles. The van der Waals surface area contributed by atoms with E-state index >= 15 is 0 Å². The quantitative estimate of drug-likeness (QED) is 0.472. The Balaban J connectivity index is 1.76. The lowest BCUT2D eigenvalue weighted by Crippen LogP contribution is -2.46. The molecule has 4 rings (SSSR count). The summed E-state index contributed by atoms with van der Waals surface area (Å²) in [4.78, 5) is 19.3.